The Balaban J connectivity index is 1.50. The van der Waals surface area contributed by atoms with Gasteiger partial charge in [-0.2, -0.15) is 0 Å². The summed E-state index contributed by atoms with van der Waals surface area (Å²) < 4.78 is 11.4. The lowest BCUT2D eigenvalue weighted by Gasteiger charge is -2.38. The maximum atomic E-state index is 13.6. The number of ether oxygens (including phenoxy) is 2. The van der Waals surface area contributed by atoms with E-state index in [2.05, 4.69) is 16.4 Å². The average Bonchev–Trinajstić information content (AvgIpc) is 2.83. The van der Waals surface area contributed by atoms with Gasteiger partial charge in [0.2, 0.25) is 0 Å². The Kier molecular flexibility index (Phi) is 4.02. The van der Waals surface area contributed by atoms with Crippen LogP contribution in [0, 0.1) is 0 Å². The molecule has 1 unspecified atom stereocenters. The standard InChI is InChI=1S/C25H19N3O3/c29-25-19-5-1-2-6-21(19)27-24(17-7-9-20-16(14-17)4-3-11-26-20)28(25)18-8-10-22-23(15-18)31-13-12-30-22/h1-11,14-15,24,27H,12-13H2. The van der Waals surface area contributed by atoms with Crippen molar-refractivity contribution in [2.24, 2.45) is 0 Å². The van der Waals surface area contributed by atoms with Crippen LogP contribution in [0.1, 0.15) is 22.1 Å². The van der Waals surface area contributed by atoms with Gasteiger partial charge in [-0.1, -0.05) is 24.3 Å². The average molecular weight is 409 g/mol. The fourth-order valence-corrected chi connectivity index (χ4v) is 4.20. The van der Waals surface area contributed by atoms with Crippen molar-refractivity contribution in [2.45, 2.75) is 6.17 Å². The monoisotopic (exact) mass is 409 g/mol. The van der Waals surface area contributed by atoms with Gasteiger partial charge in [0.25, 0.3) is 5.91 Å². The van der Waals surface area contributed by atoms with Crippen LogP contribution in [-0.4, -0.2) is 24.1 Å². The molecule has 0 aliphatic carbocycles. The number of pyridine rings is 1. The summed E-state index contributed by atoms with van der Waals surface area (Å²) in [4.78, 5) is 19.8. The summed E-state index contributed by atoms with van der Waals surface area (Å²) in [5.41, 5.74) is 4.08. The molecule has 1 atom stereocenters. The molecular weight excluding hydrogens is 390 g/mol. The van der Waals surface area contributed by atoms with Gasteiger partial charge >= 0.3 is 0 Å². The zero-order valence-electron chi connectivity index (χ0n) is 16.6. The third-order valence-electron chi connectivity index (χ3n) is 5.67. The van der Waals surface area contributed by atoms with Gasteiger partial charge in [0.15, 0.2) is 11.5 Å². The third kappa shape index (κ3) is 2.95. The zero-order valence-corrected chi connectivity index (χ0v) is 16.6. The maximum absolute atomic E-state index is 13.6. The molecule has 152 valence electrons. The molecule has 6 nitrogen and oxygen atoms in total. The number of benzene rings is 3. The molecule has 1 N–H and O–H groups in total. The molecule has 0 radical (unpaired) electrons. The predicted octanol–water partition coefficient (Wildman–Crippen LogP) is 4.78. The first-order chi connectivity index (χ1) is 15.3. The topological polar surface area (TPSA) is 63.7 Å². The fraction of sp³-hybridized carbons (Fsp3) is 0.120. The van der Waals surface area contributed by atoms with Crippen molar-refractivity contribution in [1.82, 2.24) is 4.98 Å². The Labute approximate surface area is 179 Å². The molecule has 6 heteroatoms. The zero-order chi connectivity index (χ0) is 20.8. The highest BCUT2D eigenvalue weighted by Crippen LogP contribution is 2.41. The quantitative estimate of drug-likeness (QED) is 0.516. The fourth-order valence-electron chi connectivity index (χ4n) is 4.20. The summed E-state index contributed by atoms with van der Waals surface area (Å²) in [6.07, 6.45) is 1.40. The Morgan fingerprint density at radius 1 is 0.903 bits per heavy atom. The van der Waals surface area contributed by atoms with Gasteiger partial charge in [-0.25, -0.2) is 0 Å². The molecule has 4 aromatic rings. The molecule has 2 aliphatic rings. The third-order valence-corrected chi connectivity index (χ3v) is 5.67. The van der Waals surface area contributed by atoms with Crippen molar-refractivity contribution < 1.29 is 14.3 Å². The summed E-state index contributed by atoms with van der Waals surface area (Å²) >= 11 is 0. The first kappa shape index (κ1) is 17.8. The van der Waals surface area contributed by atoms with E-state index >= 15 is 0 Å². The van der Waals surface area contributed by atoms with Crippen LogP contribution in [0.4, 0.5) is 11.4 Å². The molecular formula is C25H19N3O3. The van der Waals surface area contributed by atoms with Crippen LogP contribution in [0.2, 0.25) is 0 Å². The molecule has 1 aromatic heterocycles. The lowest BCUT2D eigenvalue weighted by Crippen LogP contribution is -2.43. The molecule has 0 saturated heterocycles. The number of amides is 1. The van der Waals surface area contributed by atoms with Crippen LogP contribution >= 0.6 is 0 Å². The smallest absolute Gasteiger partial charge is 0.262 e. The summed E-state index contributed by atoms with van der Waals surface area (Å²) in [6.45, 7) is 1.02. The SMILES string of the molecule is O=C1c2ccccc2NC(c2ccc3ncccc3c2)N1c1ccc2c(c1)OCCO2. The molecule has 3 aromatic carbocycles. The van der Waals surface area contributed by atoms with Crippen molar-refractivity contribution in [3.63, 3.8) is 0 Å². The van der Waals surface area contributed by atoms with Crippen molar-refractivity contribution in [1.29, 1.82) is 0 Å². The normalized spacial score (nSPS) is 17.2. The van der Waals surface area contributed by atoms with Crippen molar-refractivity contribution >= 4 is 28.2 Å². The van der Waals surface area contributed by atoms with Gasteiger partial charge < -0.3 is 14.8 Å². The molecule has 1 amide bonds. The highest BCUT2D eigenvalue weighted by molar-refractivity contribution is 6.12. The number of rotatable bonds is 2. The second kappa shape index (κ2) is 7.02. The molecule has 0 spiro atoms. The Morgan fingerprint density at radius 3 is 2.71 bits per heavy atom. The van der Waals surface area contributed by atoms with Gasteiger partial charge in [0, 0.05) is 23.3 Å². The van der Waals surface area contributed by atoms with Crippen LogP contribution in [0.5, 0.6) is 11.5 Å². The number of carbonyl (C=O) groups is 1. The van der Waals surface area contributed by atoms with E-state index < -0.39 is 0 Å². The number of nitrogens with zero attached hydrogens (tertiary/aromatic N) is 2. The maximum Gasteiger partial charge on any atom is 0.262 e. The van der Waals surface area contributed by atoms with E-state index in [0.717, 1.165) is 27.8 Å². The predicted molar refractivity (Wildman–Crippen MR) is 119 cm³/mol. The van der Waals surface area contributed by atoms with Gasteiger partial charge in [0.1, 0.15) is 19.4 Å². The number of nitrogens with one attached hydrogen (secondary N) is 1. The number of anilines is 2. The second-order valence-corrected chi connectivity index (χ2v) is 7.55. The highest BCUT2D eigenvalue weighted by atomic mass is 16.6. The summed E-state index contributed by atoms with van der Waals surface area (Å²) in [5, 5.41) is 4.57. The lowest BCUT2D eigenvalue weighted by atomic mass is 10.0. The van der Waals surface area contributed by atoms with E-state index in [1.165, 1.54) is 0 Å². The number of fused-ring (bicyclic) bond motifs is 3. The molecule has 0 fully saturated rings. The summed E-state index contributed by atoms with van der Waals surface area (Å²) in [7, 11) is 0. The minimum absolute atomic E-state index is 0.0673. The van der Waals surface area contributed by atoms with Crippen LogP contribution in [0.15, 0.2) is 79.0 Å². The second-order valence-electron chi connectivity index (χ2n) is 7.55. The first-order valence-corrected chi connectivity index (χ1v) is 10.2. The molecule has 6 rings (SSSR count). The van der Waals surface area contributed by atoms with E-state index in [9.17, 15) is 4.79 Å². The van der Waals surface area contributed by atoms with E-state index in [0.29, 0.717) is 30.3 Å². The number of hydrogen-bond donors (Lipinski definition) is 1. The van der Waals surface area contributed by atoms with Crippen LogP contribution in [0.25, 0.3) is 10.9 Å². The van der Waals surface area contributed by atoms with Gasteiger partial charge in [0.05, 0.1) is 16.8 Å². The largest absolute Gasteiger partial charge is 0.486 e. The number of aromatic nitrogens is 1. The first-order valence-electron chi connectivity index (χ1n) is 10.2. The highest BCUT2D eigenvalue weighted by Gasteiger charge is 2.34. The Bertz CT molecular complexity index is 1320. The van der Waals surface area contributed by atoms with Gasteiger partial charge in [-0.3, -0.25) is 14.7 Å². The molecule has 31 heavy (non-hydrogen) atoms. The molecule has 0 bridgehead atoms. The lowest BCUT2D eigenvalue weighted by molar-refractivity contribution is 0.0974. The van der Waals surface area contributed by atoms with Crippen LogP contribution in [0.3, 0.4) is 0 Å². The van der Waals surface area contributed by atoms with Gasteiger partial charge in [-0.15, -0.1) is 0 Å². The molecule has 3 heterocycles. The van der Waals surface area contributed by atoms with E-state index in [1.54, 1.807) is 11.1 Å². The van der Waals surface area contributed by atoms with E-state index in [-0.39, 0.29) is 12.1 Å². The van der Waals surface area contributed by atoms with Gasteiger partial charge in [-0.05, 0) is 48.0 Å². The molecule has 0 saturated carbocycles. The summed E-state index contributed by atoms with van der Waals surface area (Å²) in [6, 6.07) is 23.2. The number of carbonyl (C=O) groups excluding carboxylic acids is 1. The minimum atomic E-state index is -0.380. The van der Waals surface area contributed by atoms with Crippen molar-refractivity contribution in [3.8, 4) is 11.5 Å². The van der Waals surface area contributed by atoms with E-state index in [1.807, 2.05) is 66.7 Å². The van der Waals surface area contributed by atoms with E-state index in [4.69, 9.17) is 9.47 Å². The number of hydrogen-bond acceptors (Lipinski definition) is 5. The minimum Gasteiger partial charge on any atom is -0.486 e. The van der Waals surface area contributed by atoms with Crippen LogP contribution in [-0.2, 0) is 0 Å². The Hall–Kier alpha value is -4.06. The van der Waals surface area contributed by atoms with Crippen LogP contribution < -0.4 is 19.7 Å². The molecule has 2 aliphatic heterocycles. The Morgan fingerprint density at radius 2 is 1.77 bits per heavy atom. The number of para-hydroxylation sites is 1. The van der Waals surface area contributed by atoms with Crippen molar-refractivity contribution in [2.75, 3.05) is 23.4 Å². The summed E-state index contributed by atoms with van der Waals surface area (Å²) in [5.74, 6) is 1.28. The van der Waals surface area contributed by atoms with Crippen molar-refractivity contribution in [3.05, 3.63) is 90.1 Å².